The van der Waals surface area contributed by atoms with Crippen LogP contribution in [0.2, 0.25) is 0 Å². The number of nitrogens with two attached hydrogens (primary N) is 1. The maximum absolute atomic E-state index is 12.4. The molecule has 0 fully saturated rings. The Morgan fingerprint density at radius 2 is 1.86 bits per heavy atom. The van der Waals surface area contributed by atoms with Gasteiger partial charge in [-0.15, -0.1) is 0 Å². The standard InChI is InChI=1S/C19H16N4O6/c20-17(24)6-7-21-18(25)11-2-1-3-13(8-11)22-19(26)16-10-12-9-14(23(27)28)4-5-15(12)29-16/h1-5,8-10H,6-7H2,(H2,20,24)(H,21,25)(H,22,26). The zero-order chi connectivity index (χ0) is 21.0. The SMILES string of the molecule is NC(=O)CCNC(=O)c1cccc(NC(=O)c2cc3cc([N+](=O)[O-])ccc3o2)c1. The predicted molar refractivity (Wildman–Crippen MR) is 103 cm³/mol. The topological polar surface area (TPSA) is 158 Å². The Morgan fingerprint density at radius 3 is 2.59 bits per heavy atom. The summed E-state index contributed by atoms with van der Waals surface area (Å²) in [6.07, 6.45) is 0.0202. The molecule has 1 aromatic heterocycles. The monoisotopic (exact) mass is 396 g/mol. The highest BCUT2D eigenvalue weighted by Crippen LogP contribution is 2.25. The minimum atomic E-state index is -0.574. The van der Waals surface area contributed by atoms with Crippen molar-refractivity contribution in [3.63, 3.8) is 0 Å². The van der Waals surface area contributed by atoms with E-state index in [4.69, 9.17) is 10.2 Å². The van der Waals surface area contributed by atoms with Crippen molar-refractivity contribution in [2.45, 2.75) is 6.42 Å². The molecule has 0 aliphatic carbocycles. The third kappa shape index (κ3) is 4.75. The van der Waals surface area contributed by atoms with E-state index in [0.29, 0.717) is 16.7 Å². The first kappa shape index (κ1) is 19.5. The Kier molecular flexibility index (Phi) is 5.54. The number of fused-ring (bicyclic) bond motifs is 1. The first-order chi connectivity index (χ1) is 13.8. The van der Waals surface area contributed by atoms with Crippen LogP contribution >= 0.6 is 0 Å². The van der Waals surface area contributed by atoms with Crippen LogP contribution in [0.4, 0.5) is 11.4 Å². The van der Waals surface area contributed by atoms with E-state index in [1.807, 2.05) is 0 Å². The molecule has 0 aliphatic heterocycles. The molecule has 0 aliphatic rings. The molecule has 0 saturated heterocycles. The van der Waals surface area contributed by atoms with Gasteiger partial charge in [0.15, 0.2) is 5.76 Å². The molecule has 0 bridgehead atoms. The largest absolute Gasteiger partial charge is 0.451 e. The van der Waals surface area contributed by atoms with E-state index in [0.717, 1.165) is 0 Å². The number of hydrogen-bond acceptors (Lipinski definition) is 6. The number of amides is 3. The number of carbonyl (C=O) groups excluding carboxylic acids is 3. The van der Waals surface area contributed by atoms with Gasteiger partial charge in [0.1, 0.15) is 5.58 Å². The predicted octanol–water partition coefficient (Wildman–Crippen LogP) is 2.20. The number of rotatable bonds is 7. The summed E-state index contributed by atoms with van der Waals surface area (Å²) in [5.41, 5.74) is 5.88. The minimum absolute atomic E-state index is 0.0202. The molecule has 1 heterocycles. The number of nitro benzene ring substituents is 1. The summed E-state index contributed by atoms with van der Waals surface area (Å²) in [4.78, 5) is 45.6. The molecule has 0 radical (unpaired) electrons. The summed E-state index contributed by atoms with van der Waals surface area (Å²) >= 11 is 0. The molecule has 3 aromatic rings. The Morgan fingerprint density at radius 1 is 1.07 bits per heavy atom. The van der Waals surface area contributed by atoms with Crippen molar-refractivity contribution >= 4 is 40.1 Å². The molecule has 0 unspecified atom stereocenters. The molecule has 10 heteroatoms. The van der Waals surface area contributed by atoms with Gasteiger partial charge >= 0.3 is 0 Å². The van der Waals surface area contributed by atoms with Crippen molar-refractivity contribution in [2.24, 2.45) is 5.73 Å². The van der Waals surface area contributed by atoms with Gasteiger partial charge in [-0.25, -0.2) is 0 Å². The van der Waals surface area contributed by atoms with E-state index >= 15 is 0 Å². The summed E-state index contributed by atoms with van der Waals surface area (Å²) in [6.45, 7) is 0.107. The maximum Gasteiger partial charge on any atom is 0.291 e. The number of nitrogens with one attached hydrogen (secondary N) is 2. The Bertz CT molecular complexity index is 1120. The van der Waals surface area contributed by atoms with Crippen LogP contribution in [0.3, 0.4) is 0 Å². The first-order valence-corrected chi connectivity index (χ1v) is 8.49. The number of hydrogen-bond donors (Lipinski definition) is 3. The lowest BCUT2D eigenvalue weighted by molar-refractivity contribution is -0.384. The second-order valence-corrected chi connectivity index (χ2v) is 6.10. The molecule has 10 nitrogen and oxygen atoms in total. The highest BCUT2D eigenvalue weighted by atomic mass is 16.6. The average Bonchev–Trinajstić information content (AvgIpc) is 3.11. The van der Waals surface area contributed by atoms with Gasteiger partial charge < -0.3 is 20.8 Å². The first-order valence-electron chi connectivity index (χ1n) is 8.49. The van der Waals surface area contributed by atoms with Crippen molar-refractivity contribution < 1.29 is 23.7 Å². The van der Waals surface area contributed by atoms with Crippen molar-refractivity contribution in [1.29, 1.82) is 0 Å². The fourth-order valence-corrected chi connectivity index (χ4v) is 2.59. The molecule has 2 aromatic carbocycles. The molecular weight excluding hydrogens is 380 g/mol. The number of nitrogens with zero attached hydrogens (tertiary/aromatic N) is 1. The quantitative estimate of drug-likeness (QED) is 0.410. The maximum atomic E-state index is 12.4. The number of benzene rings is 2. The minimum Gasteiger partial charge on any atom is -0.451 e. The van der Waals surface area contributed by atoms with E-state index in [-0.39, 0.29) is 30.0 Å². The fraction of sp³-hybridized carbons (Fsp3) is 0.105. The number of furan rings is 1. The second kappa shape index (κ2) is 8.21. The Hall–Kier alpha value is -4.21. The van der Waals surface area contributed by atoms with Gasteiger partial charge in [-0.3, -0.25) is 24.5 Å². The lowest BCUT2D eigenvalue weighted by atomic mass is 10.2. The van der Waals surface area contributed by atoms with Crippen LogP contribution in [0.1, 0.15) is 27.3 Å². The Labute approximate surface area is 163 Å². The van der Waals surface area contributed by atoms with E-state index < -0.39 is 22.6 Å². The molecular formula is C19H16N4O6. The molecule has 0 atom stereocenters. The van der Waals surface area contributed by atoms with E-state index in [2.05, 4.69) is 10.6 Å². The van der Waals surface area contributed by atoms with Crippen molar-refractivity contribution in [2.75, 3.05) is 11.9 Å². The van der Waals surface area contributed by atoms with Crippen LogP contribution < -0.4 is 16.4 Å². The highest BCUT2D eigenvalue weighted by Gasteiger charge is 2.16. The zero-order valence-corrected chi connectivity index (χ0v) is 15.0. The number of primary amides is 1. The second-order valence-electron chi connectivity index (χ2n) is 6.10. The van der Waals surface area contributed by atoms with Gasteiger partial charge in [-0.1, -0.05) is 6.07 Å². The fourth-order valence-electron chi connectivity index (χ4n) is 2.59. The summed E-state index contributed by atoms with van der Waals surface area (Å²) in [7, 11) is 0. The van der Waals surface area contributed by atoms with Crippen molar-refractivity contribution in [3.8, 4) is 0 Å². The van der Waals surface area contributed by atoms with Gasteiger partial charge in [0.25, 0.3) is 17.5 Å². The van der Waals surface area contributed by atoms with Crippen LogP contribution in [-0.4, -0.2) is 29.2 Å². The number of carbonyl (C=O) groups is 3. The van der Waals surface area contributed by atoms with Crippen LogP contribution in [0.25, 0.3) is 11.0 Å². The number of nitro groups is 1. The van der Waals surface area contributed by atoms with E-state index in [1.165, 1.54) is 30.3 Å². The van der Waals surface area contributed by atoms with Gasteiger partial charge in [-0.2, -0.15) is 0 Å². The lowest BCUT2D eigenvalue weighted by Crippen LogP contribution is -2.27. The van der Waals surface area contributed by atoms with Gasteiger partial charge in [0, 0.05) is 41.7 Å². The lowest BCUT2D eigenvalue weighted by Gasteiger charge is -2.07. The van der Waals surface area contributed by atoms with Gasteiger partial charge in [0.2, 0.25) is 5.91 Å². The van der Waals surface area contributed by atoms with Crippen LogP contribution in [0.5, 0.6) is 0 Å². The molecule has 29 heavy (non-hydrogen) atoms. The summed E-state index contributed by atoms with van der Waals surface area (Å²) in [5.74, 6) is -1.55. The van der Waals surface area contributed by atoms with Gasteiger partial charge in [0.05, 0.1) is 4.92 Å². The van der Waals surface area contributed by atoms with E-state index in [1.54, 1.807) is 18.2 Å². The van der Waals surface area contributed by atoms with Crippen LogP contribution in [0, 0.1) is 10.1 Å². The zero-order valence-electron chi connectivity index (χ0n) is 15.0. The number of anilines is 1. The third-order valence-electron chi connectivity index (χ3n) is 3.97. The summed E-state index contributed by atoms with van der Waals surface area (Å²) < 4.78 is 5.43. The van der Waals surface area contributed by atoms with Gasteiger partial charge in [-0.05, 0) is 30.3 Å². The molecule has 4 N–H and O–H groups in total. The van der Waals surface area contributed by atoms with E-state index in [9.17, 15) is 24.5 Å². The number of non-ortho nitro benzene ring substituents is 1. The Balaban J connectivity index is 1.72. The van der Waals surface area contributed by atoms with Crippen molar-refractivity contribution in [3.05, 3.63) is 70.0 Å². The third-order valence-corrected chi connectivity index (χ3v) is 3.97. The molecule has 3 amide bonds. The van der Waals surface area contributed by atoms with Crippen LogP contribution in [0.15, 0.2) is 52.9 Å². The molecule has 148 valence electrons. The average molecular weight is 396 g/mol. The summed E-state index contributed by atoms with van der Waals surface area (Å²) in [6, 6.07) is 11.6. The molecule has 0 spiro atoms. The smallest absolute Gasteiger partial charge is 0.291 e. The molecule has 3 rings (SSSR count). The van der Waals surface area contributed by atoms with Crippen molar-refractivity contribution in [1.82, 2.24) is 5.32 Å². The normalized spacial score (nSPS) is 10.5. The highest BCUT2D eigenvalue weighted by molar-refractivity contribution is 6.05. The van der Waals surface area contributed by atoms with Crippen LogP contribution in [-0.2, 0) is 4.79 Å². The summed E-state index contributed by atoms with van der Waals surface area (Å²) in [5, 5.41) is 16.4. The molecule has 0 saturated carbocycles.